The van der Waals surface area contributed by atoms with Gasteiger partial charge in [-0.1, -0.05) is 170 Å². The number of anilines is 3. The average molecular weight is 715 g/mol. The van der Waals surface area contributed by atoms with Gasteiger partial charge in [-0.15, -0.1) is 0 Å². The molecule has 10 rings (SSSR count). The van der Waals surface area contributed by atoms with E-state index in [1.165, 1.54) is 49.7 Å². The molecule has 0 aliphatic heterocycles. The Kier molecular flexibility index (Phi) is 8.55. The fraction of sp³-hybridized carbons (Fsp3) is 0. The largest absolute Gasteiger partial charge is 0.310 e. The van der Waals surface area contributed by atoms with Crippen LogP contribution in [0.1, 0.15) is 0 Å². The lowest BCUT2D eigenvalue weighted by Crippen LogP contribution is -2.11. The van der Waals surface area contributed by atoms with Crippen LogP contribution in [0.25, 0.3) is 72.0 Å². The molecule has 56 heavy (non-hydrogen) atoms. The second kappa shape index (κ2) is 14.4. The van der Waals surface area contributed by atoms with Gasteiger partial charge in [0.2, 0.25) is 0 Å². The maximum Gasteiger partial charge on any atom is 0.0561 e. The molecule has 0 unspecified atom stereocenters. The highest BCUT2D eigenvalue weighted by Crippen LogP contribution is 2.44. The van der Waals surface area contributed by atoms with Crippen LogP contribution in [-0.4, -0.2) is 4.57 Å². The van der Waals surface area contributed by atoms with E-state index in [0.29, 0.717) is 0 Å². The van der Waals surface area contributed by atoms with Crippen LogP contribution in [-0.2, 0) is 0 Å². The third-order valence-electron chi connectivity index (χ3n) is 10.8. The summed E-state index contributed by atoms with van der Waals surface area (Å²) in [5.41, 5.74) is 16.1. The standard InChI is InChI=1S/C54H38N2/c1-6-18-39(19-7-1)43-34-44(40-20-8-2-9-21-40)36-48(35-43)55(46-30-32-49(41-22-10-3-11-23-41)52(37-46)42-24-12-4-13-25-42)47-31-33-51-50-28-16-17-29-53(50)56(54(51)38-47)45-26-14-5-15-27-45/h1-38H. The lowest BCUT2D eigenvalue weighted by atomic mass is 9.93. The van der Waals surface area contributed by atoms with Gasteiger partial charge in [0.15, 0.2) is 0 Å². The lowest BCUT2D eigenvalue weighted by Gasteiger charge is -2.28. The van der Waals surface area contributed by atoms with E-state index >= 15 is 0 Å². The Balaban J connectivity index is 1.27. The summed E-state index contributed by atoms with van der Waals surface area (Å²) in [6.45, 7) is 0. The van der Waals surface area contributed by atoms with Crippen molar-refractivity contribution in [1.82, 2.24) is 4.57 Å². The predicted octanol–water partition coefficient (Wildman–Crippen LogP) is 14.9. The fourth-order valence-electron chi connectivity index (χ4n) is 8.13. The maximum absolute atomic E-state index is 2.44. The first kappa shape index (κ1) is 33.2. The molecule has 2 heteroatoms. The van der Waals surface area contributed by atoms with E-state index < -0.39 is 0 Å². The zero-order chi connectivity index (χ0) is 37.3. The molecule has 1 aromatic heterocycles. The van der Waals surface area contributed by atoms with Crippen LogP contribution in [0, 0.1) is 0 Å². The minimum atomic E-state index is 1.08. The van der Waals surface area contributed by atoms with E-state index in [4.69, 9.17) is 0 Å². The molecule has 1 heterocycles. The van der Waals surface area contributed by atoms with Gasteiger partial charge in [0.1, 0.15) is 0 Å². The Hall–Kier alpha value is -7.42. The van der Waals surface area contributed by atoms with Crippen molar-refractivity contribution in [2.45, 2.75) is 0 Å². The van der Waals surface area contributed by atoms with Gasteiger partial charge >= 0.3 is 0 Å². The number of fused-ring (bicyclic) bond motifs is 3. The number of rotatable bonds is 8. The van der Waals surface area contributed by atoms with Crippen LogP contribution in [0.4, 0.5) is 17.1 Å². The van der Waals surface area contributed by atoms with Crippen LogP contribution in [0.5, 0.6) is 0 Å². The minimum Gasteiger partial charge on any atom is -0.310 e. The molecule has 0 saturated heterocycles. The summed E-state index contributed by atoms with van der Waals surface area (Å²) in [4.78, 5) is 2.44. The summed E-state index contributed by atoms with van der Waals surface area (Å²) in [6.07, 6.45) is 0. The van der Waals surface area contributed by atoms with Gasteiger partial charge in [0.05, 0.1) is 11.0 Å². The van der Waals surface area contributed by atoms with Crippen molar-refractivity contribution >= 4 is 38.9 Å². The second-order valence-electron chi connectivity index (χ2n) is 14.2. The van der Waals surface area contributed by atoms with E-state index in [0.717, 1.165) is 39.4 Å². The molecule has 0 spiro atoms. The minimum absolute atomic E-state index is 1.08. The van der Waals surface area contributed by atoms with Gasteiger partial charge in [0.25, 0.3) is 0 Å². The van der Waals surface area contributed by atoms with Gasteiger partial charge < -0.3 is 9.47 Å². The van der Waals surface area contributed by atoms with E-state index in [-0.39, 0.29) is 0 Å². The molecule has 0 aliphatic carbocycles. The van der Waals surface area contributed by atoms with Crippen molar-refractivity contribution in [3.8, 4) is 50.2 Å². The number of aromatic nitrogens is 1. The van der Waals surface area contributed by atoms with Gasteiger partial charge in [-0.3, -0.25) is 0 Å². The molecule has 0 bridgehead atoms. The van der Waals surface area contributed by atoms with Crippen molar-refractivity contribution in [1.29, 1.82) is 0 Å². The molecular weight excluding hydrogens is 677 g/mol. The van der Waals surface area contributed by atoms with E-state index in [1.807, 2.05) is 0 Å². The fourth-order valence-corrected chi connectivity index (χ4v) is 8.13. The monoisotopic (exact) mass is 714 g/mol. The van der Waals surface area contributed by atoms with Gasteiger partial charge in [0, 0.05) is 33.5 Å². The van der Waals surface area contributed by atoms with E-state index in [9.17, 15) is 0 Å². The summed E-state index contributed by atoms with van der Waals surface area (Å²) in [5, 5.41) is 2.46. The summed E-state index contributed by atoms with van der Waals surface area (Å²) in [6, 6.07) is 83.2. The molecule has 10 aromatic rings. The molecule has 0 fully saturated rings. The highest BCUT2D eigenvalue weighted by atomic mass is 15.1. The Morgan fingerprint density at radius 1 is 0.268 bits per heavy atom. The molecular formula is C54H38N2. The van der Waals surface area contributed by atoms with Crippen LogP contribution in [0.3, 0.4) is 0 Å². The van der Waals surface area contributed by atoms with Crippen LogP contribution < -0.4 is 4.90 Å². The van der Waals surface area contributed by atoms with Gasteiger partial charge in [-0.2, -0.15) is 0 Å². The Bertz CT molecular complexity index is 2880. The molecule has 0 N–H and O–H groups in total. The highest BCUT2D eigenvalue weighted by molar-refractivity contribution is 6.10. The van der Waals surface area contributed by atoms with Gasteiger partial charge in [-0.05, 0) is 105 Å². The van der Waals surface area contributed by atoms with Crippen molar-refractivity contribution in [2.75, 3.05) is 4.90 Å². The summed E-state index contributed by atoms with van der Waals surface area (Å²) >= 11 is 0. The quantitative estimate of drug-likeness (QED) is 0.152. The number of hydrogen-bond acceptors (Lipinski definition) is 1. The maximum atomic E-state index is 2.44. The first-order chi connectivity index (χ1) is 27.8. The van der Waals surface area contributed by atoms with Crippen LogP contribution in [0.2, 0.25) is 0 Å². The lowest BCUT2D eigenvalue weighted by molar-refractivity contribution is 1.18. The molecule has 0 amide bonds. The Labute approximate surface area is 327 Å². The van der Waals surface area contributed by atoms with Crippen molar-refractivity contribution in [3.63, 3.8) is 0 Å². The molecule has 0 atom stereocenters. The SMILES string of the molecule is c1ccc(-c2cc(-c3ccccc3)cc(N(c3ccc(-c4ccccc4)c(-c4ccccc4)c3)c3ccc4c5ccccc5n(-c5ccccc5)c4c3)c2)cc1. The van der Waals surface area contributed by atoms with Crippen molar-refractivity contribution in [3.05, 3.63) is 231 Å². The Morgan fingerprint density at radius 2 is 0.732 bits per heavy atom. The molecule has 0 aliphatic rings. The van der Waals surface area contributed by atoms with E-state index in [1.54, 1.807) is 0 Å². The number of para-hydroxylation sites is 2. The third-order valence-corrected chi connectivity index (χ3v) is 10.8. The second-order valence-corrected chi connectivity index (χ2v) is 14.2. The first-order valence-electron chi connectivity index (χ1n) is 19.2. The third kappa shape index (κ3) is 6.14. The van der Waals surface area contributed by atoms with Crippen LogP contribution >= 0.6 is 0 Å². The van der Waals surface area contributed by atoms with Gasteiger partial charge in [-0.25, -0.2) is 0 Å². The summed E-state index contributed by atoms with van der Waals surface area (Å²) in [5.74, 6) is 0. The topological polar surface area (TPSA) is 8.17 Å². The molecule has 9 aromatic carbocycles. The zero-order valence-electron chi connectivity index (χ0n) is 30.8. The average Bonchev–Trinajstić information content (AvgIpc) is 3.61. The molecule has 264 valence electrons. The van der Waals surface area contributed by atoms with Crippen molar-refractivity contribution in [2.24, 2.45) is 0 Å². The van der Waals surface area contributed by atoms with Crippen molar-refractivity contribution < 1.29 is 0 Å². The number of nitrogens with zero attached hydrogens (tertiary/aromatic N) is 2. The smallest absolute Gasteiger partial charge is 0.0561 e. The zero-order valence-corrected chi connectivity index (χ0v) is 30.8. The molecule has 0 radical (unpaired) electrons. The normalized spacial score (nSPS) is 11.2. The number of benzene rings is 9. The summed E-state index contributed by atoms with van der Waals surface area (Å²) in [7, 11) is 0. The van der Waals surface area contributed by atoms with E-state index in [2.05, 4.69) is 240 Å². The Morgan fingerprint density at radius 3 is 1.34 bits per heavy atom. The molecule has 0 saturated carbocycles. The number of hydrogen-bond donors (Lipinski definition) is 0. The first-order valence-corrected chi connectivity index (χ1v) is 19.2. The molecule has 2 nitrogen and oxygen atoms in total. The van der Waals surface area contributed by atoms with Crippen LogP contribution in [0.15, 0.2) is 231 Å². The predicted molar refractivity (Wildman–Crippen MR) is 237 cm³/mol. The highest BCUT2D eigenvalue weighted by Gasteiger charge is 2.21. The summed E-state index contributed by atoms with van der Waals surface area (Å²) < 4.78 is 2.40.